The molecule has 0 spiro atoms. The first-order chi connectivity index (χ1) is 13.1. The van der Waals surface area contributed by atoms with E-state index < -0.39 is 10.0 Å². The number of carbonyl (C=O) groups is 1. The minimum absolute atomic E-state index is 0.145. The summed E-state index contributed by atoms with van der Waals surface area (Å²) in [5.74, 6) is 0.581. The lowest BCUT2D eigenvalue weighted by atomic mass is 10.1. The molecule has 0 aromatic heterocycles. The number of methoxy groups -OCH3 is 1. The molecule has 2 aromatic carbocycles. The molecule has 0 radical (unpaired) electrons. The van der Waals surface area contributed by atoms with Crippen LogP contribution in [0.25, 0.3) is 0 Å². The molecule has 6 nitrogen and oxygen atoms in total. The molecule has 0 aliphatic rings. The van der Waals surface area contributed by atoms with E-state index in [0.29, 0.717) is 5.56 Å². The molecule has 0 aliphatic carbocycles. The molecule has 1 unspecified atom stereocenters. The zero-order chi connectivity index (χ0) is 21.1. The number of carbonyl (C=O) groups excluding carboxylic acids is 1. The van der Waals surface area contributed by atoms with Crippen molar-refractivity contribution in [3.8, 4) is 5.75 Å². The maximum Gasteiger partial charge on any atom is 0.254 e. The summed E-state index contributed by atoms with van der Waals surface area (Å²) in [5, 5.41) is 0. The Morgan fingerprint density at radius 2 is 1.46 bits per heavy atom. The number of rotatable bonds is 7. The molecule has 7 heteroatoms. The van der Waals surface area contributed by atoms with E-state index in [1.54, 1.807) is 38.2 Å². The molecule has 2 aromatic rings. The lowest BCUT2D eigenvalue weighted by Crippen LogP contribution is -2.33. The third kappa shape index (κ3) is 4.54. The van der Waals surface area contributed by atoms with Crippen LogP contribution in [-0.4, -0.2) is 50.8 Å². The van der Waals surface area contributed by atoms with Crippen LogP contribution < -0.4 is 4.74 Å². The number of amides is 1. The fraction of sp³-hybridized carbons (Fsp3) is 0.381. The second-order valence-corrected chi connectivity index (χ2v) is 9.00. The predicted octanol–water partition coefficient (Wildman–Crippen LogP) is 3.56. The van der Waals surface area contributed by atoms with Gasteiger partial charge in [0.1, 0.15) is 5.75 Å². The number of ether oxygens (including phenoxy) is 1. The van der Waals surface area contributed by atoms with Gasteiger partial charge in [-0.15, -0.1) is 0 Å². The van der Waals surface area contributed by atoms with Crippen LogP contribution in [0, 0.1) is 0 Å². The van der Waals surface area contributed by atoms with Crippen LogP contribution in [0.4, 0.5) is 0 Å². The van der Waals surface area contributed by atoms with Crippen LogP contribution in [0.1, 0.15) is 42.7 Å². The van der Waals surface area contributed by atoms with E-state index in [2.05, 4.69) is 0 Å². The van der Waals surface area contributed by atoms with Gasteiger partial charge < -0.3 is 9.64 Å². The van der Waals surface area contributed by atoms with Gasteiger partial charge in [-0.1, -0.05) is 12.1 Å². The first kappa shape index (κ1) is 21.9. The fourth-order valence-electron chi connectivity index (χ4n) is 2.70. The van der Waals surface area contributed by atoms with E-state index in [4.69, 9.17) is 4.74 Å². The molecule has 152 valence electrons. The van der Waals surface area contributed by atoms with Gasteiger partial charge in [-0.2, -0.15) is 4.31 Å². The van der Waals surface area contributed by atoms with Crippen molar-refractivity contribution in [2.75, 3.05) is 21.2 Å². The van der Waals surface area contributed by atoms with Crippen molar-refractivity contribution in [2.24, 2.45) is 0 Å². The van der Waals surface area contributed by atoms with Gasteiger partial charge in [-0.05, 0) is 62.7 Å². The topological polar surface area (TPSA) is 66.9 Å². The van der Waals surface area contributed by atoms with Crippen LogP contribution in [0.3, 0.4) is 0 Å². The van der Waals surface area contributed by atoms with Gasteiger partial charge in [0.05, 0.1) is 18.0 Å². The fourth-order valence-corrected chi connectivity index (χ4v) is 4.07. The summed E-state index contributed by atoms with van der Waals surface area (Å²) in [6.07, 6.45) is 0. The molecule has 1 atom stereocenters. The number of nitrogens with zero attached hydrogens (tertiary/aromatic N) is 2. The van der Waals surface area contributed by atoms with Crippen LogP contribution >= 0.6 is 0 Å². The highest BCUT2D eigenvalue weighted by Crippen LogP contribution is 2.24. The van der Waals surface area contributed by atoms with Crippen molar-refractivity contribution in [2.45, 2.75) is 37.8 Å². The SMILES string of the molecule is COc1ccc(C(C)N(C)C(=O)c2ccc(S(=O)(=O)N(C)C(C)C)cc2)cc1. The zero-order valence-electron chi connectivity index (χ0n) is 17.2. The van der Waals surface area contributed by atoms with Gasteiger partial charge in [0.25, 0.3) is 5.91 Å². The van der Waals surface area contributed by atoms with Crippen LogP contribution in [0.15, 0.2) is 53.4 Å². The average molecular weight is 405 g/mol. The number of hydrogen-bond donors (Lipinski definition) is 0. The number of sulfonamides is 1. The summed E-state index contributed by atoms with van der Waals surface area (Å²) in [6, 6.07) is 13.3. The summed E-state index contributed by atoms with van der Waals surface area (Å²) >= 11 is 0. The molecule has 1 amide bonds. The second-order valence-electron chi connectivity index (χ2n) is 7.00. The summed E-state index contributed by atoms with van der Waals surface area (Å²) in [6.45, 7) is 5.56. The molecule has 0 saturated carbocycles. The molecule has 0 bridgehead atoms. The lowest BCUT2D eigenvalue weighted by molar-refractivity contribution is 0.0742. The summed E-state index contributed by atoms with van der Waals surface area (Å²) in [4.78, 5) is 14.6. The Morgan fingerprint density at radius 1 is 0.929 bits per heavy atom. The molecule has 0 saturated heterocycles. The van der Waals surface area contributed by atoms with Crippen molar-refractivity contribution >= 4 is 15.9 Å². The third-order valence-corrected chi connectivity index (χ3v) is 7.05. The Hall–Kier alpha value is -2.38. The molecule has 0 heterocycles. The van der Waals surface area contributed by atoms with E-state index in [9.17, 15) is 13.2 Å². The van der Waals surface area contributed by atoms with Crippen LogP contribution in [-0.2, 0) is 10.0 Å². The molecular weight excluding hydrogens is 376 g/mol. The molecule has 0 fully saturated rings. The summed E-state index contributed by atoms with van der Waals surface area (Å²) < 4.78 is 31.6. The Balaban J connectivity index is 2.19. The predicted molar refractivity (Wildman–Crippen MR) is 110 cm³/mol. The molecular formula is C21H28N2O4S. The third-order valence-electron chi connectivity index (χ3n) is 5.00. The highest BCUT2D eigenvalue weighted by atomic mass is 32.2. The minimum atomic E-state index is -3.57. The molecule has 28 heavy (non-hydrogen) atoms. The van der Waals surface area contributed by atoms with Gasteiger partial charge >= 0.3 is 0 Å². The molecule has 0 N–H and O–H groups in total. The van der Waals surface area contributed by atoms with Crippen LogP contribution in [0.2, 0.25) is 0 Å². The Morgan fingerprint density at radius 3 is 1.93 bits per heavy atom. The summed E-state index contributed by atoms with van der Waals surface area (Å²) in [7, 11) is 1.31. The van der Waals surface area contributed by atoms with Gasteiger partial charge in [-0.3, -0.25) is 4.79 Å². The second kappa shape index (κ2) is 8.75. The van der Waals surface area contributed by atoms with Crippen molar-refractivity contribution in [3.63, 3.8) is 0 Å². The first-order valence-electron chi connectivity index (χ1n) is 9.08. The van der Waals surface area contributed by atoms with E-state index >= 15 is 0 Å². The van der Waals surface area contributed by atoms with Crippen molar-refractivity contribution in [1.29, 1.82) is 0 Å². The van der Waals surface area contributed by atoms with E-state index in [-0.39, 0.29) is 22.9 Å². The zero-order valence-corrected chi connectivity index (χ0v) is 18.0. The quantitative estimate of drug-likeness (QED) is 0.708. The largest absolute Gasteiger partial charge is 0.497 e. The van der Waals surface area contributed by atoms with Gasteiger partial charge in [-0.25, -0.2) is 8.42 Å². The highest BCUT2D eigenvalue weighted by Gasteiger charge is 2.24. The molecule has 2 rings (SSSR count). The highest BCUT2D eigenvalue weighted by molar-refractivity contribution is 7.89. The normalized spacial score (nSPS) is 12.9. The monoisotopic (exact) mass is 404 g/mol. The first-order valence-corrected chi connectivity index (χ1v) is 10.5. The Kier molecular flexibility index (Phi) is 6.85. The van der Waals surface area contributed by atoms with Crippen molar-refractivity contribution < 1.29 is 17.9 Å². The Labute approximate surface area is 167 Å². The van der Waals surface area contributed by atoms with Gasteiger partial charge in [0, 0.05) is 25.7 Å². The van der Waals surface area contributed by atoms with E-state index in [0.717, 1.165) is 11.3 Å². The maximum absolute atomic E-state index is 12.8. The van der Waals surface area contributed by atoms with E-state index in [1.165, 1.54) is 16.4 Å². The Bertz CT molecular complexity index is 906. The molecule has 0 aliphatic heterocycles. The minimum Gasteiger partial charge on any atom is -0.497 e. The number of hydrogen-bond acceptors (Lipinski definition) is 4. The van der Waals surface area contributed by atoms with Gasteiger partial charge in [0.2, 0.25) is 10.0 Å². The standard InChI is InChI=1S/C21H28N2O4S/c1-15(2)23(5)28(25,26)20-13-9-18(10-14-20)21(24)22(4)16(3)17-7-11-19(27-6)12-8-17/h7-16H,1-6H3. The number of benzene rings is 2. The van der Waals surface area contributed by atoms with Crippen molar-refractivity contribution in [1.82, 2.24) is 9.21 Å². The lowest BCUT2D eigenvalue weighted by Gasteiger charge is -2.26. The van der Waals surface area contributed by atoms with Gasteiger partial charge in [0.15, 0.2) is 0 Å². The maximum atomic E-state index is 12.8. The average Bonchev–Trinajstić information content (AvgIpc) is 2.71. The van der Waals surface area contributed by atoms with E-state index in [1.807, 2.05) is 45.0 Å². The van der Waals surface area contributed by atoms with Crippen molar-refractivity contribution in [3.05, 3.63) is 59.7 Å². The smallest absolute Gasteiger partial charge is 0.254 e. The van der Waals surface area contributed by atoms with Crippen LogP contribution in [0.5, 0.6) is 5.75 Å². The summed E-state index contributed by atoms with van der Waals surface area (Å²) in [5.41, 5.74) is 1.42.